The maximum atomic E-state index is 5.60. The average molecular weight is 409 g/mol. The van der Waals surface area contributed by atoms with Crippen LogP contribution in [0.15, 0.2) is 91.0 Å². The van der Waals surface area contributed by atoms with Crippen molar-refractivity contribution >= 4 is 5.69 Å². The van der Waals surface area contributed by atoms with Gasteiger partial charge in [-0.25, -0.2) is 0 Å². The number of nitrogens with one attached hydrogen (secondary N) is 1. The standard InChI is InChI=1S/2C10H14O.C6H8N2/c2*1-10(2,3)11-9-7-5-4-6-8-9;7-8-6-4-2-1-3-5-6/h2*4-8H,1-3H3;1-5,8H,7H2. The maximum absolute atomic E-state index is 5.60. The zero-order chi connectivity index (χ0) is 22.5. The van der Waals surface area contributed by atoms with E-state index in [1.165, 1.54) is 0 Å². The van der Waals surface area contributed by atoms with E-state index in [9.17, 15) is 0 Å². The molecule has 0 bridgehead atoms. The topological polar surface area (TPSA) is 56.5 Å². The number of nitrogens with two attached hydrogens (primary N) is 1. The molecule has 162 valence electrons. The molecule has 0 radical (unpaired) electrons. The summed E-state index contributed by atoms with van der Waals surface area (Å²) >= 11 is 0. The van der Waals surface area contributed by atoms with Crippen LogP contribution in [-0.2, 0) is 0 Å². The Morgan fingerprint density at radius 3 is 1.07 bits per heavy atom. The lowest BCUT2D eigenvalue weighted by molar-refractivity contribution is 0.130. The minimum atomic E-state index is -0.0959. The number of hydrogen-bond acceptors (Lipinski definition) is 4. The molecule has 0 heterocycles. The Balaban J connectivity index is 0.000000228. The molecule has 0 atom stereocenters. The molecular formula is C26H36N2O2. The van der Waals surface area contributed by atoms with Crippen LogP contribution < -0.4 is 20.7 Å². The number of anilines is 1. The van der Waals surface area contributed by atoms with Crippen LogP contribution in [0.4, 0.5) is 5.69 Å². The normalized spacial score (nSPS) is 10.5. The van der Waals surface area contributed by atoms with Crippen molar-refractivity contribution < 1.29 is 9.47 Å². The molecule has 4 heteroatoms. The van der Waals surface area contributed by atoms with Gasteiger partial charge in [0.2, 0.25) is 0 Å². The molecule has 0 aliphatic heterocycles. The molecule has 0 fully saturated rings. The summed E-state index contributed by atoms with van der Waals surface area (Å²) in [5, 5.41) is 0. The second-order valence-corrected chi connectivity index (χ2v) is 8.57. The van der Waals surface area contributed by atoms with E-state index >= 15 is 0 Å². The van der Waals surface area contributed by atoms with Crippen LogP contribution >= 0.6 is 0 Å². The Bertz CT molecular complexity index is 742. The summed E-state index contributed by atoms with van der Waals surface area (Å²) in [4.78, 5) is 0. The highest BCUT2D eigenvalue weighted by Gasteiger charge is 2.11. The second-order valence-electron chi connectivity index (χ2n) is 8.57. The van der Waals surface area contributed by atoms with Crippen molar-refractivity contribution in [1.29, 1.82) is 0 Å². The van der Waals surface area contributed by atoms with E-state index in [-0.39, 0.29) is 11.2 Å². The predicted octanol–water partition coefficient (Wildman–Crippen LogP) is 6.70. The van der Waals surface area contributed by atoms with Crippen LogP contribution in [0.3, 0.4) is 0 Å². The largest absolute Gasteiger partial charge is 0.488 e. The van der Waals surface area contributed by atoms with Crippen molar-refractivity contribution in [3.05, 3.63) is 91.0 Å². The van der Waals surface area contributed by atoms with Gasteiger partial charge in [0.1, 0.15) is 22.7 Å². The number of para-hydroxylation sites is 3. The highest BCUT2D eigenvalue weighted by Crippen LogP contribution is 2.17. The molecule has 3 rings (SSSR count). The van der Waals surface area contributed by atoms with Gasteiger partial charge in [-0.1, -0.05) is 54.6 Å². The average Bonchev–Trinajstić information content (AvgIpc) is 2.69. The first-order chi connectivity index (χ1) is 14.1. The Hall–Kier alpha value is -2.98. The van der Waals surface area contributed by atoms with Crippen molar-refractivity contribution in [2.45, 2.75) is 52.7 Å². The first-order valence-corrected chi connectivity index (χ1v) is 10.1. The zero-order valence-electron chi connectivity index (χ0n) is 19.1. The van der Waals surface area contributed by atoms with Gasteiger partial charge >= 0.3 is 0 Å². The lowest BCUT2D eigenvalue weighted by Gasteiger charge is -2.20. The van der Waals surface area contributed by atoms with E-state index in [2.05, 4.69) is 5.43 Å². The van der Waals surface area contributed by atoms with E-state index < -0.39 is 0 Å². The third-order valence-corrected chi connectivity index (χ3v) is 3.27. The van der Waals surface area contributed by atoms with Crippen molar-refractivity contribution in [3.8, 4) is 11.5 Å². The second kappa shape index (κ2) is 12.6. The lowest BCUT2D eigenvalue weighted by Crippen LogP contribution is -2.22. The van der Waals surface area contributed by atoms with Gasteiger partial charge in [0.25, 0.3) is 0 Å². The fraction of sp³-hybridized carbons (Fsp3) is 0.308. The molecule has 0 saturated heterocycles. The van der Waals surface area contributed by atoms with Crippen molar-refractivity contribution in [1.82, 2.24) is 0 Å². The van der Waals surface area contributed by atoms with Crippen LogP contribution in [-0.4, -0.2) is 11.2 Å². The van der Waals surface area contributed by atoms with Gasteiger partial charge in [-0.15, -0.1) is 0 Å². The van der Waals surface area contributed by atoms with E-state index in [0.29, 0.717) is 0 Å². The van der Waals surface area contributed by atoms with E-state index in [1.807, 2.05) is 133 Å². The van der Waals surface area contributed by atoms with Gasteiger partial charge in [-0.05, 0) is 77.9 Å². The van der Waals surface area contributed by atoms with Crippen LogP contribution in [0.1, 0.15) is 41.5 Å². The summed E-state index contributed by atoms with van der Waals surface area (Å²) in [6.45, 7) is 12.2. The Morgan fingerprint density at radius 1 is 0.533 bits per heavy atom. The summed E-state index contributed by atoms with van der Waals surface area (Å²) < 4.78 is 11.2. The highest BCUT2D eigenvalue weighted by atomic mass is 16.5. The van der Waals surface area contributed by atoms with E-state index in [4.69, 9.17) is 15.3 Å². The van der Waals surface area contributed by atoms with Crippen LogP contribution in [0.25, 0.3) is 0 Å². The van der Waals surface area contributed by atoms with Crippen molar-refractivity contribution in [3.63, 3.8) is 0 Å². The molecule has 0 unspecified atom stereocenters. The molecular weight excluding hydrogens is 372 g/mol. The summed E-state index contributed by atoms with van der Waals surface area (Å²) in [7, 11) is 0. The Morgan fingerprint density at radius 2 is 0.833 bits per heavy atom. The summed E-state index contributed by atoms with van der Waals surface area (Å²) in [6, 6.07) is 29.3. The Kier molecular flexibility index (Phi) is 10.5. The number of rotatable bonds is 3. The molecule has 0 spiro atoms. The third kappa shape index (κ3) is 13.2. The fourth-order valence-corrected chi connectivity index (χ4v) is 2.22. The highest BCUT2D eigenvalue weighted by molar-refractivity contribution is 5.40. The van der Waals surface area contributed by atoms with Crippen LogP contribution in [0, 0.1) is 0 Å². The first-order valence-electron chi connectivity index (χ1n) is 10.1. The minimum Gasteiger partial charge on any atom is -0.488 e. The monoisotopic (exact) mass is 408 g/mol. The smallest absolute Gasteiger partial charge is 0.120 e. The summed E-state index contributed by atoms with van der Waals surface area (Å²) in [5.41, 5.74) is 3.27. The zero-order valence-corrected chi connectivity index (χ0v) is 19.1. The van der Waals surface area contributed by atoms with Crippen LogP contribution in [0.2, 0.25) is 0 Å². The molecule has 4 nitrogen and oxygen atoms in total. The number of nitrogen functional groups attached to an aromatic ring is 1. The van der Waals surface area contributed by atoms with Crippen LogP contribution in [0.5, 0.6) is 11.5 Å². The summed E-state index contributed by atoms with van der Waals surface area (Å²) in [6.07, 6.45) is 0. The fourth-order valence-electron chi connectivity index (χ4n) is 2.22. The lowest BCUT2D eigenvalue weighted by atomic mass is 10.2. The first kappa shape index (κ1) is 25.1. The molecule has 0 saturated carbocycles. The molecule has 0 aliphatic rings. The number of hydrogen-bond donors (Lipinski definition) is 2. The van der Waals surface area contributed by atoms with E-state index in [0.717, 1.165) is 17.2 Å². The maximum Gasteiger partial charge on any atom is 0.120 e. The molecule has 0 amide bonds. The van der Waals surface area contributed by atoms with Crippen molar-refractivity contribution in [2.75, 3.05) is 5.43 Å². The van der Waals surface area contributed by atoms with Gasteiger partial charge < -0.3 is 14.9 Å². The quantitative estimate of drug-likeness (QED) is 0.374. The minimum absolute atomic E-state index is 0.0959. The number of ether oxygens (including phenoxy) is 2. The van der Waals surface area contributed by atoms with Gasteiger partial charge in [-0.2, -0.15) is 0 Å². The predicted molar refractivity (Wildman–Crippen MR) is 128 cm³/mol. The molecule has 0 aliphatic carbocycles. The summed E-state index contributed by atoms with van der Waals surface area (Å²) in [5.74, 6) is 6.96. The SMILES string of the molecule is CC(C)(C)Oc1ccccc1.CC(C)(C)Oc1ccccc1.NNc1ccccc1. The van der Waals surface area contributed by atoms with Gasteiger partial charge in [-0.3, -0.25) is 5.84 Å². The molecule has 0 aromatic heterocycles. The number of hydrazine groups is 1. The molecule has 3 N–H and O–H groups in total. The third-order valence-electron chi connectivity index (χ3n) is 3.27. The molecule has 3 aromatic rings. The Labute approximate surface area is 182 Å². The van der Waals surface area contributed by atoms with Gasteiger partial charge in [0.15, 0.2) is 0 Å². The van der Waals surface area contributed by atoms with Crippen molar-refractivity contribution in [2.24, 2.45) is 5.84 Å². The van der Waals surface area contributed by atoms with Gasteiger partial charge in [0.05, 0.1) is 0 Å². The molecule has 30 heavy (non-hydrogen) atoms. The van der Waals surface area contributed by atoms with E-state index in [1.54, 1.807) is 0 Å². The molecule has 3 aromatic carbocycles. The van der Waals surface area contributed by atoms with Gasteiger partial charge in [0, 0.05) is 5.69 Å². The number of benzene rings is 3.